The van der Waals surface area contributed by atoms with Crippen molar-refractivity contribution in [3.05, 3.63) is 11.6 Å². The molecule has 186 valence electrons. The van der Waals surface area contributed by atoms with Crippen molar-refractivity contribution in [2.75, 3.05) is 6.61 Å². The largest absolute Gasteiger partial charge is 0.388 e. The molecule has 3 heteroatoms. The molecule has 4 aliphatic carbocycles. The monoisotopic (exact) mass is 456 g/mol. The number of ether oxygens (including phenoxy) is 1. The van der Waals surface area contributed by atoms with Gasteiger partial charge in [-0.3, -0.25) is 4.79 Å². The molecule has 4 fully saturated rings. The first-order valence-electron chi connectivity index (χ1n) is 13.8. The van der Waals surface area contributed by atoms with E-state index in [-0.39, 0.29) is 22.3 Å². The molecule has 0 amide bonds. The number of carbonyl (C=O) groups excluding carboxylic acids is 1. The molecular weight excluding hydrogens is 408 g/mol. The minimum Gasteiger partial charge on any atom is -0.388 e. The van der Waals surface area contributed by atoms with Crippen LogP contribution in [0.5, 0.6) is 0 Å². The quantitative estimate of drug-likeness (QED) is 0.469. The lowest BCUT2D eigenvalue weighted by Crippen LogP contribution is -2.57. The highest BCUT2D eigenvalue weighted by molar-refractivity contribution is 5.85. The Labute approximate surface area is 202 Å². The maximum absolute atomic E-state index is 12.8. The lowest BCUT2D eigenvalue weighted by atomic mass is 9.41. The number of hydrogen-bond acceptors (Lipinski definition) is 3. The molecule has 0 radical (unpaired) electrons. The third kappa shape index (κ3) is 3.23. The summed E-state index contributed by atoms with van der Waals surface area (Å²) in [5, 5.41) is 10.4. The molecule has 8 atom stereocenters. The Morgan fingerprint density at radius 1 is 1.00 bits per heavy atom. The molecule has 0 unspecified atom stereocenters. The van der Waals surface area contributed by atoms with Gasteiger partial charge in [0.1, 0.15) is 5.78 Å². The highest BCUT2D eigenvalue weighted by Gasteiger charge is 2.65. The molecule has 0 bridgehead atoms. The maximum Gasteiger partial charge on any atom is 0.138 e. The fourth-order valence-electron chi connectivity index (χ4n) is 9.96. The molecule has 5 rings (SSSR count). The van der Waals surface area contributed by atoms with Crippen LogP contribution in [0, 0.1) is 45.3 Å². The molecule has 0 aromatic carbocycles. The smallest absolute Gasteiger partial charge is 0.138 e. The van der Waals surface area contributed by atoms with Gasteiger partial charge in [-0.15, -0.1) is 0 Å². The number of ketones is 1. The van der Waals surface area contributed by atoms with Crippen LogP contribution in [0.4, 0.5) is 0 Å². The minimum absolute atomic E-state index is 0.0274. The lowest BCUT2D eigenvalue weighted by molar-refractivity contribution is -0.148. The van der Waals surface area contributed by atoms with Crippen molar-refractivity contribution in [3.8, 4) is 0 Å². The Bertz CT molecular complexity index is 841. The highest BCUT2D eigenvalue weighted by Crippen LogP contribution is 2.73. The van der Waals surface area contributed by atoms with Gasteiger partial charge < -0.3 is 9.84 Å². The predicted molar refractivity (Wildman–Crippen MR) is 133 cm³/mol. The Kier molecular flexibility index (Phi) is 5.40. The Morgan fingerprint density at radius 3 is 2.36 bits per heavy atom. The molecule has 3 saturated carbocycles. The number of rotatable bonds is 2. The van der Waals surface area contributed by atoms with Crippen molar-refractivity contribution in [1.29, 1.82) is 0 Å². The highest BCUT2D eigenvalue weighted by atomic mass is 16.5. The molecule has 5 aliphatic rings. The van der Waals surface area contributed by atoms with Crippen molar-refractivity contribution in [2.24, 2.45) is 45.3 Å². The lowest BCUT2D eigenvalue weighted by Gasteiger charge is -2.63. The van der Waals surface area contributed by atoms with Crippen LogP contribution in [-0.4, -0.2) is 29.2 Å². The van der Waals surface area contributed by atoms with E-state index >= 15 is 0 Å². The number of allylic oxidation sites excluding steroid dienone is 2. The summed E-state index contributed by atoms with van der Waals surface area (Å²) < 4.78 is 6.25. The van der Waals surface area contributed by atoms with Crippen LogP contribution in [0.2, 0.25) is 0 Å². The average Bonchev–Trinajstić information content (AvgIpc) is 3.02. The van der Waals surface area contributed by atoms with Gasteiger partial charge in [-0.25, -0.2) is 0 Å². The van der Waals surface area contributed by atoms with E-state index in [4.69, 9.17) is 4.74 Å². The van der Waals surface area contributed by atoms with Gasteiger partial charge in [-0.1, -0.05) is 46.3 Å². The van der Waals surface area contributed by atoms with E-state index in [9.17, 15) is 9.90 Å². The van der Waals surface area contributed by atoms with Gasteiger partial charge in [0.25, 0.3) is 0 Å². The number of fused-ring (bicyclic) bond motifs is 5. The van der Waals surface area contributed by atoms with Crippen LogP contribution in [0.3, 0.4) is 0 Å². The van der Waals surface area contributed by atoms with E-state index in [1.54, 1.807) is 5.57 Å². The summed E-state index contributed by atoms with van der Waals surface area (Å²) in [5.74, 6) is 2.93. The van der Waals surface area contributed by atoms with Crippen molar-refractivity contribution in [1.82, 2.24) is 0 Å². The van der Waals surface area contributed by atoms with Crippen molar-refractivity contribution < 1.29 is 14.6 Å². The van der Waals surface area contributed by atoms with Crippen LogP contribution in [0.25, 0.3) is 0 Å². The second kappa shape index (κ2) is 7.42. The molecule has 0 aromatic rings. The zero-order chi connectivity index (χ0) is 24.0. The molecule has 1 heterocycles. The van der Waals surface area contributed by atoms with Gasteiger partial charge in [0.05, 0.1) is 18.3 Å². The third-order valence-electron chi connectivity index (χ3n) is 12.3. The second-order valence-electron chi connectivity index (χ2n) is 14.4. The van der Waals surface area contributed by atoms with Gasteiger partial charge in [0, 0.05) is 11.8 Å². The Balaban J connectivity index is 1.42. The first-order chi connectivity index (χ1) is 15.2. The number of carbonyl (C=O) groups is 1. The average molecular weight is 457 g/mol. The molecule has 1 N–H and O–H groups in total. The van der Waals surface area contributed by atoms with Crippen LogP contribution < -0.4 is 0 Å². The fraction of sp³-hybridized carbons (Fsp3) is 0.900. The van der Waals surface area contributed by atoms with Crippen molar-refractivity contribution in [3.63, 3.8) is 0 Å². The Morgan fingerprint density at radius 2 is 1.73 bits per heavy atom. The topological polar surface area (TPSA) is 46.5 Å². The summed E-state index contributed by atoms with van der Waals surface area (Å²) in [5.41, 5.74) is 1.68. The first kappa shape index (κ1) is 24.0. The van der Waals surface area contributed by atoms with Gasteiger partial charge in [0.2, 0.25) is 0 Å². The maximum atomic E-state index is 12.8. The SMILES string of the molecule is CC(C)(O)[C@H]1CC[C@@H]([C@@H]2CC[C@]3(C)C4=CC[C@H]5C(C)(C)C(=O)CC[C@]5(C)[C@H]4CC[C@@]23C)CO1. The van der Waals surface area contributed by atoms with Gasteiger partial charge in [-0.2, -0.15) is 0 Å². The standard InChI is InChI=1S/C30H48O3/c1-26(2)23-10-9-22-21(28(23,5)15-14-24(26)31)13-17-29(6)20(12-16-30(22,29)7)19-8-11-25(33-18-19)27(3,4)32/h9,19-21,23,25,32H,8,10-18H2,1-7H3/t19-,20+,21+,23+,25-,28-,29+,30-/m1/s1. The van der Waals surface area contributed by atoms with E-state index in [1.807, 2.05) is 13.8 Å². The second-order valence-corrected chi connectivity index (χ2v) is 14.4. The van der Waals surface area contributed by atoms with Gasteiger partial charge in [-0.05, 0) is 105 Å². The van der Waals surface area contributed by atoms with E-state index < -0.39 is 5.60 Å². The fourth-order valence-corrected chi connectivity index (χ4v) is 9.96. The van der Waals surface area contributed by atoms with Crippen LogP contribution in [0.1, 0.15) is 106 Å². The number of hydrogen-bond donors (Lipinski definition) is 1. The molecule has 0 aromatic heterocycles. The van der Waals surface area contributed by atoms with Crippen molar-refractivity contribution >= 4 is 5.78 Å². The zero-order valence-electron chi connectivity index (χ0n) is 22.3. The van der Waals surface area contributed by atoms with E-state index in [0.29, 0.717) is 34.9 Å². The molecule has 1 aliphatic heterocycles. The Hall–Kier alpha value is -0.670. The normalized spacial score (nSPS) is 49.6. The summed E-state index contributed by atoms with van der Waals surface area (Å²) >= 11 is 0. The first-order valence-corrected chi connectivity index (χ1v) is 13.8. The molecular formula is C30H48O3. The van der Waals surface area contributed by atoms with E-state index in [2.05, 4.69) is 40.7 Å². The number of aliphatic hydroxyl groups is 1. The van der Waals surface area contributed by atoms with Gasteiger partial charge in [0.15, 0.2) is 0 Å². The molecule has 1 saturated heterocycles. The summed E-state index contributed by atoms with van der Waals surface area (Å²) in [4.78, 5) is 12.8. The van der Waals surface area contributed by atoms with Crippen molar-refractivity contribution in [2.45, 2.75) is 118 Å². The van der Waals surface area contributed by atoms with Crippen LogP contribution in [0.15, 0.2) is 11.6 Å². The summed E-state index contributed by atoms with van der Waals surface area (Å²) in [6.45, 7) is 16.8. The van der Waals surface area contributed by atoms with Gasteiger partial charge >= 0.3 is 0 Å². The molecule has 0 spiro atoms. The minimum atomic E-state index is -0.745. The third-order valence-corrected chi connectivity index (χ3v) is 12.3. The molecule has 3 nitrogen and oxygen atoms in total. The summed E-state index contributed by atoms with van der Waals surface area (Å²) in [6, 6.07) is 0. The number of Topliss-reactive ketones (excluding diaryl/α,β-unsaturated/α-hetero) is 1. The van der Waals surface area contributed by atoms with E-state index in [0.717, 1.165) is 32.3 Å². The van der Waals surface area contributed by atoms with E-state index in [1.165, 1.54) is 32.1 Å². The summed E-state index contributed by atoms with van der Waals surface area (Å²) in [6.07, 6.45) is 12.9. The molecule has 33 heavy (non-hydrogen) atoms. The van der Waals surface area contributed by atoms with Crippen LogP contribution >= 0.6 is 0 Å². The van der Waals surface area contributed by atoms with Crippen LogP contribution in [-0.2, 0) is 9.53 Å². The predicted octanol–water partition coefficient (Wildman–Crippen LogP) is 6.73. The zero-order valence-corrected chi connectivity index (χ0v) is 22.3. The summed E-state index contributed by atoms with van der Waals surface area (Å²) in [7, 11) is 0.